The lowest BCUT2D eigenvalue weighted by Crippen LogP contribution is -2.22. The number of hydrogen-bond donors (Lipinski definition) is 2. The minimum absolute atomic E-state index is 0.208. The average molecular weight is 260 g/mol. The summed E-state index contributed by atoms with van der Waals surface area (Å²) >= 11 is 0. The zero-order valence-electron chi connectivity index (χ0n) is 8.75. The van der Waals surface area contributed by atoms with Crippen molar-refractivity contribution in [3.8, 4) is 5.75 Å². The van der Waals surface area contributed by atoms with Gasteiger partial charge < -0.3 is 10.1 Å². The number of carbonyl (C=O) groups is 2. The smallest absolute Gasteiger partial charge is 0.406 e. The van der Waals surface area contributed by atoms with E-state index in [0.29, 0.717) is 0 Å². The van der Waals surface area contributed by atoms with Crippen molar-refractivity contribution in [2.45, 2.75) is 12.4 Å². The van der Waals surface area contributed by atoms with E-state index in [1.165, 1.54) is 12.1 Å². The minimum Gasteiger partial charge on any atom is -0.406 e. The number of nitrogens with one attached hydrogen (secondary N) is 2. The summed E-state index contributed by atoms with van der Waals surface area (Å²) in [6.07, 6.45) is -4.81. The van der Waals surface area contributed by atoms with Crippen LogP contribution < -0.4 is 15.4 Å². The number of hydrogen-bond acceptors (Lipinski definition) is 3. The molecule has 0 aromatic heterocycles. The van der Waals surface area contributed by atoms with E-state index in [1.807, 2.05) is 5.32 Å². The molecule has 1 unspecified atom stereocenters. The third kappa shape index (κ3) is 2.70. The number of urea groups is 1. The highest BCUT2D eigenvalue weighted by Gasteiger charge is 2.33. The number of rotatable bonds is 2. The summed E-state index contributed by atoms with van der Waals surface area (Å²) in [6.45, 7) is 0. The highest BCUT2D eigenvalue weighted by atomic mass is 19.4. The van der Waals surface area contributed by atoms with Gasteiger partial charge in [-0.2, -0.15) is 0 Å². The summed E-state index contributed by atoms with van der Waals surface area (Å²) in [5.41, 5.74) is 0.208. The summed E-state index contributed by atoms with van der Waals surface area (Å²) in [4.78, 5) is 22.2. The van der Waals surface area contributed by atoms with Gasteiger partial charge in [0, 0.05) is 0 Å². The predicted octanol–water partition coefficient (Wildman–Crippen LogP) is 1.47. The van der Waals surface area contributed by atoms with Crippen LogP contribution in [0.2, 0.25) is 0 Å². The first kappa shape index (κ1) is 12.2. The van der Waals surface area contributed by atoms with Crippen molar-refractivity contribution in [2.75, 3.05) is 0 Å². The molecule has 18 heavy (non-hydrogen) atoms. The van der Waals surface area contributed by atoms with Gasteiger partial charge >= 0.3 is 12.4 Å². The molecule has 96 valence electrons. The van der Waals surface area contributed by atoms with Crippen LogP contribution in [0.1, 0.15) is 11.6 Å². The predicted molar refractivity (Wildman–Crippen MR) is 52.5 cm³/mol. The Hall–Kier alpha value is -2.25. The number of benzene rings is 1. The van der Waals surface area contributed by atoms with Gasteiger partial charge in [0.15, 0.2) is 0 Å². The summed E-state index contributed by atoms with van der Waals surface area (Å²) in [5, 5.41) is 4.25. The van der Waals surface area contributed by atoms with Gasteiger partial charge in [0.2, 0.25) is 0 Å². The molecule has 5 nitrogen and oxygen atoms in total. The molecule has 0 saturated carbocycles. The minimum atomic E-state index is -4.81. The maximum atomic E-state index is 12.0. The SMILES string of the molecule is O=C1NC(=O)C(c2cccc(OC(F)(F)F)c2)N1. The molecular weight excluding hydrogens is 253 g/mol. The van der Waals surface area contributed by atoms with Crippen LogP contribution >= 0.6 is 0 Å². The van der Waals surface area contributed by atoms with E-state index in [1.54, 1.807) is 0 Å². The van der Waals surface area contributed by atoms with E-state index in [2.05, 4.69) is 10.1 Å². The molecule has 2 rings (SSSR count). The molecular formula is C10H7F3N2O3. The number of amides is 3. The first-order valence-corrected chi connectivity index (χ1v) is 4.82. The molecule has 2 N–H and O–H groups in total. The second-order valence-corrected chi connectivity index (χ2v) is 3.52. The van der Waals surface area contributed by atoms with Crippen LogP contribution in [0.5, 0.6) is 5.75 Å². The largest absolute Gasteiger partial charge is 0.573 e. The average Bonchev–Trinajstić information content (AvgIpc) is 2.55. The van der Waals surface area contributed by atoms with E-state index in [-0.39, 0.29) is 5.56 Å². The topological polar surface area (TPSA) is 67.4 Å². The van der Waals surface area contributed by atoms with E-state index in [0.717, 1.165) is 12.1 Å². The lowest BCUT2D eigenvalue weighted by Gasteiger charge is -2.12. The van der Waals surface area contributed by atoms with Gasteiger partial charge in [-0.15, -0.1) is 13.2 Å². The normalized spacial score (nSPS) is 19.4. The van der Waals surface area contributed by atoms with Crippen LogP contribution in [0.15, 0.2) is 24.3 Å². The van der Waals surface area contributed by atoms with Crippen LogP contribution in [0.4, 0.5) is 18.0 Å². The van der Waals surface area contributed by atoms with Gasteiger partial charge in [0.05, 0.1) is 0 Å². The van der Waals surface area contributed by atoms with Crippen LogP contribution in [0.3, 0.4) is 0 Å². The maximum absolute atomic E-state index is 12.0. The van der Waals surface area contributed by atoms with Crippen molar-refractivity contribution in [1.82, 2.24) is 10.6 Å². The monoisotopic (exact) mass is 260 g/mol. The Labute approximate surface area is 98.9 Å². The second-order valence-electron chi connectivity index (χ2n) is 3.52. The summed E-state index contributed by atoms with van der Waals surface area (Å²) in [6, 6.07) is 3.17. The van der Waals surface area contributed by atoms with Crippen LogP contribution in [-0.2, 0) is 4.79 Å². The molecule has 1 atom stereocenters. The molecule has 1 saturated heterocycles. The molecule has 1 aromatic rings. The summed E-state index contributed by atoms with van der Waals surface area (Å²) in [7, 11) is 0. The van der Waals surface area contributed by atoms with Gasteiger partial charge in [-0.25, -0.2) is 4.79 Å². The Kier molecular flexibility index (Phi) is 2.85. The summed E-state index contributed by atoms with van der Waals surface area (Å²) in [5.74, 6) is -1.07. The third-order valence-corrected chi connectivity index (χ3v) is 2.20. The number of alkyl halides is 3. The van der Waals surface area contributed by atoms with E-state index >= 15 is 0 Å². The Balaban J connectivity index is 2.22. The molecule has 0 radical (unpaired) electrons. The third-order valence-electron chi connectivity index (χ3n) is 2.20. The van der Waals surface area contributed by atoms with Crippen molar-refractivity contribution in [3.05, 3.63) is 29.8 Å². The van der Waals surface area contributed by atoms with Gasteiger partial charge in [-0.05, 0) is 17.7 Å². The molecule has 3 amide bonds. The molecule has 1 heterocycles. The number of halogens is 3. The van der Waals surface area contributed by atoms with E-state index in [9.17, 15) is 22.8 Å². The Bertz CT molecular complexity index is 501. The van der Waals surface area contributed by atoms with Crippen LogP contribution in [0.25, 0.3) is 0 Å². The first-order valence-electron chi connectivity index (χ1n) is 4.82. The van der Waals surface area contributed by atoms with Crippen molar-refractivity contribution in [1.29, 1.82) is 0 Å². The standard InChI is InChI=1S/C10H7F3N2O3/c11-10(12,13)18-6-3-1-2-5(4-6)7-8(16)15-9(17)14-7/h1-4,7H,(H2,14,15,16,17). The first-order chi connectivity index (χ1) is 8.35. The van der Waals surface area contributed by atoms with Crippen LogP contribution in [-0.4, -0.2) is 18.3 Å². The van der Waals surface area contributed by atoms with Gasteiger partial charge in [-0.1, -0.05) is 12.1 Å². The molecule has 0 spiro atoms. The highest BCUT2D eigenvalue weighted by Crippen LogP contribution is 2.26. The van der Waals surface area contributed by atoms with Gasteiger partial charge in [0.25, 0.3) is 5.91 Å². The quantitative estimate of drug-likeness (QED) is 0.791. The Morgan fingerprint density at radius 3 is 2.50 bits per heavy atom. The number of ether oxygens (including phenoxy) is 1. The molecule has 1 aliphatic rings. The number of carbonyl (C=O) groups excluding carboxylic acids is 2. The zero-order chi connectivity index (χ0) is 13.3. The fourth-order valence-electron chi connectivity index (χ4n) is 1.54. The fourth-order valence-corrected chi connectivity index (χ4v) is 1.54. The van der Waals surface area contributed by atoms with Crippen molar-refractivity contribution in [3.63, 3.8) is 0 Å². The number of imide groups is 1. The molecule has 0 bridgehead atoms. The zero-order valence-corrected chi connectivity index (χ0v) is 8.75. The van der Waals surface area contributed by atoms with Crippen molar-refractivity contribution in [2.24, 2.45) is 0 Å². The molecule has 8 heteroatoms. The summed E-state index contributed by atoms with van der Waals surface area (Å²) < 4.78 is 39.8. The molecule has 1 aliphatic heterocycles. The van der Waals surface area contributed by atoms with Gasteiger partial charge in [-0.3, -0.25) is 10.1 Å². The van der Waals surface area contributed by atoms with Crippen LogP contribution in [0, 0.1) is 0 Å². The Morgan fingerprint density at radius 1 is 1.22 bits per heavy atom. The molecule has 1 fully saturated rings. The van der Waals surface area contributed by atoms with Gasteiger partial charge in [0.1, 0.15) is 11.8 Å². The van der Waals surface area contributed by atoms with E-state index < -0.39 is 30.1 Å². The maximum Gasteiger partial charge on any atom is 0.573 e. The lowest BCUT2D eigenvalue weighted by atomic mass is 10.1. The van der Waals surface area contributed by atoms with E-state index in [4.69, 9.17) is 0 Å². The fraction of sp³-hybridized carbons (Fsp3) is 0.200. The van der Waals surface area contributed by atoms with Crippen molar-refractivity contribution < 1.29 is 27.5 Å². The second kappa shape index (κ2) is 4.21. The Morgan fingerprint density at radius 2 is 1.94 bits per heavy atom. The highest BCUT2D eigenvalue weighted by molar-refractivity contribution is 6.04. The lowest BCUT2D eigenvalue weighted by molar-refractivity contribution is -0.274. The van der Waals surface area contributed by atoms with Crippen molar-refractivity contribution >= 4 is 11.9 Å². The molecule has 1 aromatic carbocycles. The molecule has 0 aliphatic carbocycles.